The predicted octanol–water partition coefficient (Wildman–Crippen LogP) is 0.960. The molecule has 0 unspecified atom stereocenters. The van der Waals surface area contributed by atoms with E-state index in [0.29, 0.717) is 13.1 Å². The van der Waals surface area contributed by atoms with E-state index in [1.54, 1.807) is 12.0 Å². The van der Waals surface area contributed by atoms with E-state index in [4.69, 9.17) is 9.15 Å². The number of benzene rings is 1. The summed E-state index contributed by atoms with van der Waals surface area (Å²) >= 11 is 0. The monoisotopic (exact) mass is 358 g/mol. The van der Waals surface area contributed by atoms with Crippen molar-refractivity contribution in [1.29, 1.82) is 0 Å². The van der Waals surface area contributed by atoms with E-state index in [0.717, 1.165) is 43.4 Å². The Balaban J connectivity index is 1.47. The summed E-state index contributed by atoms with van der Waals surface area (Å²) in [6, 6.07) is 12.0. The van der Waals surface area contributed by atoms with Gasteiger partial charge in [0.05, 0.1) is 39.8 Å². The fraction of sp³-hybridized carbons (Fsp3) is 0.450. The number of rotatable bonds is 6. The Bertz CT molecular complexity index is 735. The molecule has 3 rings (SSSR count). The number of methoxy groups -OCH3 is 1. The Morgan fingerprint density at radius 2 is 2.04 bits per heavy atom. The third-order valence-corrected chi connectivity index (χ3v) is 4.91. The Morgan fingerprint density at radius 1 is 1.27 bits per heavy atom. The summed E-state index contributed by atoms with van der Waals surface area (Å²) in [6.45, 7) is 6.76. The summed E-state index contributed by atoms with van der Waals surface area (Å²) in [5.41, 5.74) is 1.18. The maximum Gasteiger partial charge on any atom is 0.277 e. The van der Waals surface area contributed by atoms with E-state index in [1.807, 2.05) is 38.2 Å². The topological polar surface area (TPSA) is 50.4 Å². The molecule has 1 saturated heterocycles. The zero-order valence-corrected chi connectivity index (χ0v) is 15.8. The molecular formula is C20H28N3O3+. The molecule has 1 N–H and O–H groups in total. The average molecular weight is 358 g/mol. The van der Waals surface area contributed by atoms with Crippen LogP contribution in [0.3, 0.4) is 0 Å². The number of hydrogen-bond donors (Lipinski definition) is 1. The molecule has 1 fully saturated rings. The highest BCUT2D eigenvalue weighted by atomic mass is 16.5. The molecule has 1 aliphatic rings. The molecular weight excluding hydrogens is 330 g/mol. The van der Waals surface area contributed by atoms with Crippen LogP contribution in [0.1, 0.15) is 11.5 Å². The molecule has 1 amide bonds. The number of anilines is 1. The molecule has 26 heavy (non-hydrogen) atoms. The van der Waals surface area contributed by atoms with Gasteiger partial charge in [-0.15, -0.1) is 0 Å². The van der Waals surface area contributed by atoms with Gasteiger partial charge in [-0.2, -0.15) is 0 Å². The molecule has 1 aromatic heterocycles. The van der Waals surface area contributed by atoms with Crippen LogP contribution in [0, 0.1) is 6.92 Å². The molecule has 2 heterocycles. The van der Waals surface area contributed by atoms with Crippen molar-refractivity contribution in [2.45, 2.75) is 13.5 Å². The van der Waals surface area contributed by atoms with Gasteiger partial charge in [-0.3, -0.25) is 4.79 Å². The molecule has 2 aromatic rings. The van der Waals surface area contributed by atoms with Crippen molar-refractivity contribution in [3.63, 3.8) is 0 Å². The lowest BCUT2D eigenvalue weighted by Gasteiger charge is -2.34. The Hall–Kier alpha value is -2.47. The van der Waals surface area contributed by atoms with E-state index in [-0.39, 0.29) is 5.91 Å². The van der Waals surface area contributed by atoms with E-state index < -0.39 is 0 Å². The van der Waals surface area contributed by atoms with Gasteiger partial charge in [0.2, 0.25) is 0 Å². The van der Waals surface area contributed by atoms with Gasteiger partial charge in [0.1, 0.15) is 17.3 Å². The van der Waals surface area contributed by atoms with Crippen LogP contribution >= 0.6 is 0 Å². The molecule has 0 aliphatic carbocycles. The normalized spacial score (nSPS) is 15.1. The highest BCUT2D eigenvalue weighted by Crippen LogP contribution is 2.20. The van der Waals surface area contributed by atoms with Crippen molar-refractivity contribution in [1.82, 2.24) is 4.90 Å². The van der Waals surface area contributed by atoms with Crippen LogP contribution in [0.15, 0.2) is 40.8 Å². The van der Waals surface area contributed by atoms with Crippen LogP contribution in [-0.4, -0.2) is 57.7 Å². The first-order valence-corrected chi connectivity index (χ1v) is 9.07. The van der Waals surface area contributed by atoms with Crippen LogP contribution in [0.5, 0.6) is 5.75 Å². The second kappa shape index (κ2) is 8.27. The molecule has 6 heteroatoms. The summed E-state index contributed by atoms with van der Waals surface area (Å²) in [5.74, 6) is 2.74. The van der Waals surface area contributed by atoms with E-state index in [2.05, 4.69) is 17.0 Å². The van der Waals surface area contributed by atoms with Crippen molar-refractivity contribution in [3.05, 3.63) is 47.9 Å². The number of carbonyl (C=O) groups excluding carboxylic acids is 1. The number of piperazine rings is 1. The Morgan fingerprint density at radius 3 is 2.69 bits per heavy atom. The van der Waals surface area contributed by atoms with Gasteiger partial charge in [0.15, 0.2) is 6.54 Å². The fourth-order valence-electron chi connectivity index (χ4n) is 3.31. The first-order valence-electron chi connectivity index (χ1n) is 9.07. The van der Waals surface area contributed by atoms with Crippen LogP contribution in [0.25, 0.3) is 0 Å². The molecule has 0 bridgehead atoms. The second-order valence-electron chi connectivity index (χ2n) is 6.88. The standard InChI is InChI=1S/C20H27N3O3/c1-16-7-8-19(26-16)14-21(2)20(24)15-22-9-11-23(12-10-22)17-5-4-6-18(13-17)25-3/h4-8,13H,9-12,14-15H2,1-3H3/p+1. The minimum atomic E-state index is 0.156. The number of aryl methyl sites for hydroxylation is 1. The highest BCUT2D eigenvalue weighted by Gasteiger charge is 2.24. The maximum absolute atomic E-state index is 12.5. The first kappa shape index (κ1) is 18.3. The number of quaternary nitrogens is 1. The predicted molar refractivity (Wildman–Crippen MR) is 101 cm³/mol. The van der Waals surface area contributed by atoms with Crippen molar-refractivity contribution >= 4 is 11.6 Å². The number of hydrogen-bond acceptors (Lipinski definition) is 4. The number of nitrogens with zero attached hydrogens (tertiary/aromatic N) is 2. The van der Waals surface area contributed by atoms with Crippen LogP contribution in [0.2, 0.25) is 0 Å². The zero-order valence-electron chi connectivity index (χ0n) is 15.8. The molecule has 0 spiro atoms. The smallest absolute Gasteiger partial charge is 0.277 e. The summed E-state index contributed by atoms with van der Waals surface area (Å²) in [6.07, 6.45) is 0. The number of furan rings is 1. The number of amides is 1. The fourth-order valence-corrected chi connectivity index (χ4v) is 3.31. The molecule has 1 aromatic carbocycles. The van der Waals surface area contributed by atoms with Crippen LogP contribution in [-0.2, 0) is 11.3 Å². The Labute approximate surface area is 154 Å². The summed E-state index contributed by atoms with van der Waals surface area (Å²) in [4.78, 5) is 17.9. The second-order valence-corrected chi connectivity index (χ2v) is 6.88. The molecule has 0 atom stereocenters. The zero-order chi connectivity index (χ0) is 18.5. The van der Waals surface area contributed by atoms with Gasteiger partial charge in [-0.1, -0.05) is 6.07 Å². The van der Waals surface area contributed by atoms with Crippen LogP contribution in [0.4, 0.5) is 5.69 Å². The average Bonchev–Trinajstić information content (AvgIpc) is 3.07. The van der Waals surface area contributed by atoms with E-state index >= 15 is 0 Å². The number of ether oxygens (including phenoxy) is 1. The molecule has 6 nitrogen and oxygen atoms in total. The van der Waals surface area contributed by atoms with Crippen molar-refractivity contribution in [3.8, 4) is 5.75 Å². The summed E-state index contributed by atoms with van der Waals surface area (Å²) in [7, 11) is 3.53. The number of likely N-dealkylation sites (N-methyl/N-ethyl adjacent to an activating group) is 1. The van der Waals surface area contributed by atoms with E-state index in [9.17, 15) is 4.79 Å². The molecule has 1 aliphatic heterocycles. The SMILES string of the molecule is COc1cccc(N2CC[NH+](CC(=O)N(C)Cc3ccc(C)o3)CC2)c1. The van der Waals surface area contributed by atoms with Crippen molar-refractivity contribution in [2.75, 3.05) is 51.8 Å². The lowest BCUT2D eigenvalue weighted by molar-refractivity contribution is -0.892. The van der Waals surface area contributed by atoms with Gasteiger partial charge in [-0.05, 0) is 31.2 Å². The first-order chi connectivity index (χ1) is 12.5. The summed E-state index contributed by atoms with van der Waals surface area (Å²) < 4.78 is 10.9. The van der Waals surface area contributed by atoms with Crippen LogP contribution < -0.4 is 14.5 Å². The Kier molecular flexibility index (Phi) is 5.83. The van der Waals surface area contributed by atoms with Gasteiger partial charge in [0.25, 0.3) is 5.91 Å². The maximum atomic E-state index is 12.5. The van der Waals surface area contributed by atoms with Gasteiger partial charge >= 0.3 is 0 Å². The van der Waals surface area contributed by atoms with Gasteiger partial charge in [-0.25, -0.2) is 0 Å². The third kappa shape index (κ3) is 4.58. The lowest BCUT2D eigenvalue weighted by Crippen LogP contribution is -3.15. The van der Waals surface area contributed by atoms with E-state index in [1.165, 1.54) is 10.6 Å². The minimum Gasteiger partial charge on any atom is -0.497 e. The third-order valence-electron chi connectivity index (χ3n) is 4.91. The van der Waals surface area contributed by atoms with Crippen molar-refractivity contribution in [2.24, 2.45) is 0 Å². The minimum absolute atomic E-state index is 0.156. The van der Waals surface area contributed by atoms with Gasteiger partial charge in [0, 0.05) is 18.8 Å². The molecule has 140 valence electrons. The lowest BCUT2D eigenvalue weighted by atomic mass is 10.2. The van der Waals surface area contributed by atoms with Crippen molar-refractivity contribution < 1.29 is 18.8 Å². The quantitative estimate of drug-likeness (QED) is 0.836. The number of nitrogens with one attached hydrogen (secondary N) is 1. The molecule has 0 saturated carbocycles. The summed E-state index contributed by atoms with van der Waals surface area (Å²) in [5, 5.41) is 0. The van der Waals surface area contributed by atoms with Gasteiger partial charge < -0.3 is 23.9 Å². The number of carbonyl (C=O) groups is 1. The highest BCUT2D eigenvalue weighted by molar-refractivity contribution is 5.76. The molecule has 0 radical (unpaired) electrons. The largest absolute Gasteiger partial charge is 0.497 e.